The first kappa shape index (κ1) is 15.5. The molecule has 0 radical (unpaired) electrons. The van der Waals surface area contributed by atoms with Gasteiger partial charge in [-0.15, -0.1) is 0 Å². The summed E-state index contributed by atoms with van der Waals surface area (Å²) < 4.78 is 1.43. The molecule has 1 aromatic carbocycles. The molecule has 0 aliphatic heterocycles. The van der Waals surface area contributed by atoms with E-state index in [1.165, 1.54) is 4.57 Å². The molecule has 1 amide bonds. The van der Waals surface area contributed by atoms with Gasteiger partial charge in [-0.2, -0.15) is 0 Å². The smallest absolute Gasteiger partial charge is 0.307 e. The molecule has 0 aliphatic carbocycles. The topological polar surface area (TPSA) is 71.3 Å². The summed E-state index contributed by atoms with van der Waals surface area (Å²) in [4.78, 5) is 23.4. The number of hydrogen-bond acceptors (Lipinski definition) is 4. The number of amides is 1. The molecule has 0 bridgehead atoms. The number of aromatic nitrogens is 1. The molecule has 112 valence electrons. The summed E-state index contributed by atoms with van der Waals surface area (Å²) in [5.74, 6) is -0.270. The Kier molecular flexibility index (Phi) is 5.30. The number of thiazole rings is 1. The number of rotatable bonds is 6. The Morgan fingerprint density at radius 3 is 2.67 bits per heavy atom. The molecule has 0 saturated carbocycles. The highest BCUT2D eigenvalue weighted by Crippen LogP contribution is 2.04. The molecule has 2 aromatic rings. The number of aliphatic hydroxyl groups is 1. The maximum atomic E-state index is 12.0. The first-order valence-corrected chi connectivity index (χ1v) is 7.57. The van der Waals surface area contributed by atoms with Crippen molar-refractivity contribution in [3.05, 3.63) is 56.6 Å². The zero-order valence-electron chi connectivity index (χ0n) is 11.8. The lowest BCUT2D eigenvalue weighted by atomic mass is 10.1. The molecule has 1 aromatic heterocycles. The minimum absolute atomic E-state index is 0.0144. The predicted octanol–water partition coefficient (Wildman–Crippen LogP) is 0.938. The number of aryl methyl sites for hydroxylation is 1. The fourth-order valence-electron chi connectivity index (χ4n) is 2.07. The summed E-state index contributed by atoms with van der Waals surface area (Å²) >= 11 is 1.08. The van der Waals surface area contributed by atoms with Gasteiger partial charge in [0.2, 0.25) is 5.91 Å². The molecule has 5 nitrogen and oxygen atoms in total. The standard InChI is InChI=1S/C15H18N2O3S/c1-11-10-21-15(20)17(11)8-14(19)16-13(9-18)7-12-5-3-2-4-6-12/h2-6,10,13,18H,7-9H2,1H3,(H,16,19)/t13-/m1/s1. The van der Waals surface area contributed by atoms with E-state index in [2.05, 4.69) is 5.32 Å². The van der Waals surface area contributed by atoms with Crippen LogP contribution in [0.1, 0.15) is 11.3 Å². The third-order valence-electron chi connectivity index (χ3n) is 3.19. The van der Waals surface area contributed by atoms with E-state index in [0.717, 1.165) is 22.6 Å². The monoisotopic (exact) mass is 306 g/mol. The van der Waals surface area contributed by atoms with Crippen LogP contribution in [0.4, 0.5) is 0 Å². The lowest BCUT2D eigenvalue weighted by molar-refractivity contribution is -0.122. The fourth-order valence-corrected chi connectivity index (χ4v) is 2.81. The number of hydrogen-bond donors (Lipinski definition) is 2. The predicted molar refractivity (Wildman–Crippen MR) is 82.5 cm³/mol. The summed E-state index contributed by atoms with van der Waals surface area (Å²) in [6.45, 7) is 1.64. The third-order valence-corrected chi connectivity index (χ3v) is 4.07. The maximum absolute atomic E-state index is 12.0. The fraction of sp³-hybridized carbons (Fsp3) is 0.333. The Hall–Kier alpha value is -1.92. The van der Waals surface area contributed by atoms with Gasteiger partial charge in [0.15, 0.2) is 0 Å². The van der Waals surface area contributed by atoms with E-state index in [1.54, 1.807) is 12.3 Å². The van der Waals surface area contributed by atoms with Gasteiger partial charge in [-0.05, 0) is 18.9 Å². The van der Waals surface area contributed by atoms with E-state index in [4.69, 9.17) is 0 Å². The number of aliphatic hydroxyl groups excluding tert-OH is 1. The van der Waals surface area contributed by atoms with E-state index >= 15 is 0 Å². The number of benzene rings is 1. The molecule has 2 N–H and O–H groups in total. The molecule has 0 spiro atoms. The highest BCUT2D eigenvalue weighted by Gasteiger charge is 2.14. The first-order valence-electron chi connectivity index (χ1n) is 6.69. The van der Waals surface area contributed by atoms with Crippen LogP contribution < -0.4 is 10.2 Å². The molecular weight excluding hydrogens is 288 g/mol. The van der Waals surface area contributed by atoms with Crippen LogP contribution in [-0.2, 0) is 17.8 Å². The summed E-state index contributed by atoms with van der Waals surface area (Å²) in [5.41, 5.74) is 1.81. The normalized spacial score (nSPS) is 12.1. The molecule has 2 rings (SSSR count). The van der Waals surface area contributed by atoms with Gasteiger partial charge < -0.3 is 10.4 Å². The van der Waals surface area contributed by atoms with Crippen molar-refractivity contribution in [2.24, 2.45) is 0 Å². The Morgan fingerprint density at radius 2 is 2.10 bits per heavy atom. The van der Waals surface area contributed by atoms with Crippen LogP contribution in [0.2, 0.25) is 0 Å². The van der Waals surface area contributed by atoms with Gasteiger partial charge in [0, 0.05) is 11.1 Å². The summed E-state index contributed by atoms with van der Waals surface area (Å²) in [6.07, 6.45) is 0.556. The number of nitrogens with zero attached hydrogens (tertiary/aromatic N) is 1. The molecular formula is C15H18N2O3S. The first-order chi connectivity index (χ1) is 10.1. The van der Waals surface area contributed by atoms with E-state index in [0.29, 0.717) is 6.42 Å². The van der Waals surface area contributed by atoms with Crippen LogP contribution in [-0.4, -0.2) is 28.2 Å². The van der Waals surface area contributed by atoms with E-state index in [9.17, 15) is 14.7 Å². The lowest BCUT2D eigenvalue weighted by Gasteiger charge is -2.16. The summed E-state index contributed by atoms with van der Waals surface area (Å²) in [5, 5.41) is 13.9. The molecule has 21 heavy (non-hydrogen) atoms. The number of carbonyl (C=O) groups is 1. The quantitative estimate of drug-likeness (QED) is 0.834. The van der Waals surface area contributed by atoms with E-state index in [1.807, 2.05) is 30.3 Å². The molecule has 1 heterocycles. The Balaban J connectivity index is 1.95. The molecule has 6 heteroatoms. The summed E-state index contributed by atoms with van der Waals surface area (Å²) in [7, 11) is 0. The highest BCUT2D eigenvalue weighted by molar-refractivity contribution is 7.07. The third kappa shape index (κ3) is 4.27. The maximum Gasteiger partial charge on any atom is 0.307 e. The van der Waals surface area contributed by atoms with Gasteiger partial charge in [0.25, 0.3) is 0 Å². The minimum Gasteiger partial charge on any atom is -0.394 e. The van der Waals surface area contributed by atoms with Crippen molar-refractivity contribution >= 4 is 17.2 Å². The summed E-state index contributed by atoms with van der Waals surface area (Å²) in [6, 6.07) is 9.29. The zero-order valence-corrected chi connectivity index (χ0v) is 12.6. The lowest BCUT2D eigenvalue weighted by Crippen LogP contribution is -2.41. The van der Waals surface area contributed by atoms with Crippen LogP contribution in [0.25, 0.3) is 0 Å². The molecule has 0 saturated heterocycles. The average molecular weight is 306 g/mol. The second-order valence-corrected chi connectivity index (χ2v) is 5.69. The van der Waals surface area contributed by atoms with Crippen LogP contribution in [0, 0.1) is 6.92 Å². The zero-order chi connectivity index (χ0) is 15.2. The Bertz CT molecular complexity index is 648. The van der Waals surface area contributed by atoms with Gasteiger partial charge >= 0.3 is 4.87 Å². The van der Waals surface area contributed by atoms with Gasteiger partial charge in [-0.1, -0.05) is 41.7 Å². The largest absolute Gasteiger partial charge is 0.394 e. The van der Waals surface area contributed by atoms with Gasteiger partial charge in [0.1, 0.15) is 6.54 Å². The van der Waals surface area contributed by atoms with Crippen molar-refractivity contribution < 1.29 is 9.90 Å². The number of carbonyl (C=O) groups excluding carboxylic acids is 1. The van der Waals surface area contributed by atoms with Crippen molar-refractivity contribution in [2.45, 2.75) is 25.9 Å². The van der Waals surface area contributed by atoms with Crippen molar-refractivity contribution in [1.29, 1.82) is 0 Å². The number of nitrogens with one attached hydrogen (secondary N) is 1. The van der Waals surface area contributed by atoms with Crippen molar-refractivity contribution in [3.8, 4) is 0 Å². The van der Waals surface area contributed by atoms with Crippen LogP contribution in [0.3, 0.4) is 0 Å². The molecule has 1 atom stereocenters. The van der Waals surface area contributed by atoms with E-state index in [-0.39, 0.29) is 30.0 Å². The van der Waals surface area contributed by atoms with Crippen molar-refractivity contribution in [1.82, 2.24) is 9.88 Å². The van der Waals surface area contributed by atoms with Crippen molar-refractivity contribution in [2.75, 3.05) is 6.61 Å². The highest BCUT2D eigenvalue weighted by atomic mass is 32.1. The van der Waals surface area contributed by atoms with Crippen molar-refractivity contribution in [3.63, 3.8) is 0 Å². The SMILES string of the molecule is Cc1csc(=O)n1CC(=O)N[C@@H](CO)Cc1ccccc1. The van der Waals surface area contributed by atoms with Crippen LogP contribution >= 0.6 is 11.3 Å². The molecule has 0 fully saturated rings. The van der Waals surface area contributed by atoms with Gasteiger partial charge in [0.05, 0.1) is 12.6 Å². The molecule has 0 aliphatic rings. The second kappa shape index (κ2) is 7.19. The Labute approximate surface area is 126 Å². The van der Waals surface area contributed by atoms with Gasteiger partial charge in [-0.25, -0.2) is 0 Å². The Morgan fingerprint density at radius 1 is 1.38 bits per heavy atom. The molecule has 0 unspecified atom stereocenters. The average Bonchev–Trinajstić information content (AvgIpc) is 2.79. The minimum atomic E-state index is -0.352. The van der Waals surface area contributed by atoms with Crippen LogP contribution in [0.15, 0.2) is 40.5 Å². The van der Waals surface area contributed by atoms with Gasteiger partial charge in [-0.3, -0.25) is 14.2 Å². The van der Waals surface area contributed by atoms with E-state index < -0.39 is 0 Å². The van der Waals surface area contributed by atoms with Crippen LogP contribution in [0.5, 0.6) is 0 Å². The second-order valence-electron chi connectivity index (χ2n) is 4.87.